The second kappa shape index (κ2) is 11.6. The van der Waals surface area contributed by atoms with Crippen LogP contribution in [-0.4, -0.2) is 34.9 Å². The molecule has 3 aromatic carbocycles. The molecule has 0 spiro atoms. The molecule has 0 saturated heterocycles. The molecular weight excluding hydrogens is 552 g/mol. The Morgan fingerprint density at radius 1 is 1.03 bits per heavy atom. The van der Waals surface area contributed by atoms with Crippen LogP contribution >= 0.6 is 39.3 Å². The highest BCUT2D eigenvalue weighted by Gasteiger charge is 2.17. The van der Waals surface area contributed by atoms with Crippen LogP contribution < -0.4 is 14.8 Å². The molecule has 1 aromatic heterocycles. The van der Waals surface area contributed by atoms with Crippen LogP contribution in [0, 0.1) is 0 Å². The highest BCUT2D eigenvalue weighted by atomic mass is 79.9. The molecule has 4 rings (SSSR count). The maximum atomic E-state index is 12.9. The number of methoxy groups -OCH3 is 2. The second-order valence-electron chi connectivity index (χ2n) is 7.41. The van der Waals surface area contributed by atoms with Gasteiger partial charge in [-0.3, -0.25) is 9.36 Å². The summed E-state index contributed by atoms with van der Waals surface area (Å²) in [6, 6.07) is 20.6. The summed E-state index contributed by atoms with van der Waals surface area (Å²) >= 11 is 11.3. The van der Waals surface area contributed by atoms with E-state index >= 15 is 0 Å². The maximum absolute atomic E-state index is 12.9. The fourth-order valence-corrected chi connectivity index (χ4v) is 4.69. The monoisotopic (exact) mass is 572 g/mol. The minimum atomic E-state index is -0.285. The van der Waals surface area contributed by atoms with Crippen molar-refractivity contribution in [1.29, 1.82) is 0 Å². The average Bonchev–Trinajstić information content (AvgIpc) is 3.29. The smallest absolute Gasteiger partial charge is 0.251 e. The van der Waals surface area contributed by atoms with Crippen LogP contribution in [0.2, 0.25) is 5.02 Å². The number of nitrogens with zero attached hydrogens (tertiary/aromatic N) is 3. The molecule has 7 nitrogen and oxygen atoms in total. The fraction of sp³-hybridized carbons (Fsp3) is 0.160. The SMILES string of the molecule is COc1cc(OC)cc(C(=O)NCc2nnc(SCc3ccc(Br)cc3)n2-c2cccc(Cl)c2)c1. The van der Waals surface area contributed by atoms with Gasteiger partial charge in [-0.15, -0.1) is 10.2 Å². The van der Waals surface area contributed by atoms with Gasteiger partial charge in [0.2, 0.25) is 0 Å². The topological polar surface area (TPSA) is 78.3 Å². The standard InChI is InChI=1S/C25H22BrClN4O3S/c1-33-21-10-17(11-22(13-21)34-2)24(32)28-14-23-29-30-25(31(23)20-5-3-4-19(27)12-20)35-15-16-6-8-18(26)9-7-16/h3-13H,14-15H2,1-2H3,(H,28,32). The first-order valence-electron chi connectivity index (χ1n) is 10.6. The first kappa shape index (κ1) is 25.1. The molecule has 1 heterocycles. The van der Waals surface area contributed by atoms with Crippen LogP contribution in [0.4, 0.5) is 0 Å². The fourth-order valence-electron chi connectivity index (χ4n) is 3.31. The zero-order valence-corrected chi connectivity index (χ0v) is 22.2. The van der Waals surface area contributed by atoms with Gasteiger partial charge in [-0.2, -0.15) is 0 Å². The molecule has 0 radical (unpaired) electrons. The molecule has 0 fully saturated rings. The van der Waals surface area contributed by atoms with Gasteiger partial charge < -0.3 is 14.8 Å². The van der Waals surface area contributed by atoms with Crippen LogP contribution in [-0.2, 0) is 12.3 Å². The van der Waals surface area contributed by atoms with Crippen LogP contribution in [0.1, 0.15) is 21.7 Å². The summed E-state index contributed by atoms with van der Waals surface area (Å²) in [7, 11) is 3.08. The van der Waals surface area contributed by atoms with Crippen LogP contribution in [0.15, 0.2) is 76.4 Å². The highest BCUT2D eigenvalue weighted by molar-refractivity contribution is 9.10. The molecule has 4 aromatic rings. The van der Waals surface area contributed by atoms with E-state index in [0.717, 1.165) is 15.7 Å². The number of carbonyl (C=O) groups is 1. The molecule has 35 heavy (non-hydrogen) atoms. The molecule has 0 saturated carbocycles. The predicted octanol–water partition coefficient (Wildman–Crippen LogP) is 5.92. The third-order valence-corrected chi connectivity index (χ3v) is 6.83. The molecule has 0 aliphatic carbocycles. The quantitative estimate of drug-likeness (QED) is 0.250. The van der Waals surface area contributed by atoms with Gasteiger partial charge in [-0.1, -0.05) is 57.5 Å². The van der Waals surface area contributed by atoms with Gasteiger partial charge in [0.05, 0.1) is 26.5 Å². The van der Waals surface area contributed by atoms with E-state index in [1.54, 1.807) is 30.0 Å². The largest absolute Gasteiger partial charge is 0.497 e. The number of hydrogen-bond donors (Lipinski definition) is 1. The van der Waals surface area contributed by atoms with Crippen LogP contribution in [0.25, 0.3) is 5.69 Å². The molecule has 1 amide bonds. The number of halogens is 2. The molecule has 10 heteroatoms. The van der Waals surface area contributed by atoms with Crippen molar-refractivity contribution in [3.63, 3.8) is 0 Å². The van der Waals surface area contributed by atoms with Crippen molar-refractivity contribution in [2.45, 2.75) is 17.5 Å². The summed E-state index contributed by atoms with van der Waals surface area (Å²) in [5, 5.41) is 13.0. The molecule has 0 bridgehead atoms. The van der Waals surface area contributed by atoms with E-state index in [4.69, 9.17) is 21.1 Å². The zero-order chi connectivity index (χ0) is 24.8. The molecule has 180 valence electrons. The van der Waals surface area contributed by atoms with E-state index in [-0.39, 0.29) is 12.5 Å². The van der Waals surface area contributed by atoms with Crippen molar-refractivity contribution in [1.82, 2.24) is 20.1 Å². The Hall–Kier alpha value is -3.01. The predicted molar refractivity (Wildman–Crippen MR) is 141 cm³/mol. The van der Waals surface area contributed by atoms with Crippen LogP contribution in [0.5, 0.6) is 11.5 Å². The maximum Gasteiger partial charge on any atom is 0.251 e. The highest BCUT2D eigenvalue weighted by Crippen LogP contribution is 2.27. The van der Waals surface area contributed by atoms with E-state index in [1.807, 2.05) is 41.0 Å². The first-order valence-corrected chi connectivity index (χ1v) is 12.7. The number of nitrogens with one attached hydrogen (secondary N) is 1. The van der Waals surface area contributed by atoms with Gasteiger partial charge in [0.15, 0.2) is 11.0 Å². The third-order valence-electron chi connectivity index (χ3n) is 5.07. The number of benzene rings is 3. The van der Waals surface area contributed by atoms with Crippen LogP contribution in [0.3, 0.4) is 0 Å². The summed E-state index contributed by atoms with van der Waals surface area (Å²) < 4.78 is 13.5. The Morgan fingerprint density at radius 2 is 1.74 bits per heavy atom. The van der Waals surface area contributed by atoms with Gasteiger partial charge in [0, 0.05) is 26.9 Å². The lowest BCUT2D eigenvalue weighted by Gasteiger charge is -2.12. The number of thioether (sulfide) groups is 1. The Balaban J connectivity index is 1.57. The van der Waals surface area contributed by atoms with Crippen molar-refractivity contribution in [2.75, 3.05) is 14.2 Å². The van der Waals surface area contributed by atoms with Gasteiger partial charge in [-0.25, -0.2) is 0 Å². The van der Waals surface area contributed by atoms with Crippen molar-refractivity contribution in [2.24, 2.45) is 0 Å². The third kappa shape index (κ3) is 6.36. The molecule has 0 aliphatic rings. The molecule has 0 aliphatic heterocycles. The van der Waals surface area contributed by atoms with Gasteiger partial charge in [0.1, 0.15) is 11.5 Å². The van der Waals surface area contributed by atoms with E-state index < -0.39 is 0 Å². The van der Waals surface area contributed by atoms with Crippen molar-refractivity contribution >= 4 is 45.2 Å². The van der Waals surface area contributed by atoms with Crippen molar-refractivity contribution < 1.29 is 14.3 Å². The van der Waals surface area contributed by atoms with E-state index in [0.29, 0.717) is 38.8 Å². The minimum absolute atomic E-state index is 0.163. The van der Waals surface area contributed by atoms with Gasteiger partial charge in [0.25, 0.3) is 5.91 Å². The summed E-state index contributed by atoms with van der Waals surface area (Å²) in [6.45, 7) is 0.163. The average molecular weight is 574 g/mol. The molecule has 0 atom stereocenters. The Bertz CT molecular complexity index is 1310. The summed E-state index contributed by atoms with van der Waals surface area (Å²) in [4.78, 5) is 12.9. The number of amides is 1. The number of hydrogen-bond acceptors (Lipinski definition) is 6. The molecule has 0 unspecified atom stereocenters. The number of carbonyl (C=O) groups excluding carboxylic acids is 1. The lowest BCUT2D eigenvalue weighted by atomic mass is 10.2. The molecular formula is C25H22BrClN4O3S. The van der Waals surface area contributed by atoms with Crippen molar-refractivity contribution in [3.8, 4) is 17.2 Å². The molecule has 1 N–H and O–H groups in total. The zero-order valence-electron chi connectivity index (χ0n) is 19.0. The number of rotatable bonds is 9. The van der Waals surface area contributed by atoms with E-state index in [2.05, 4.69) is 43.6 Å². The minimum Gasteiger partial charge on any atom is -0.497 e. The van der Waals surface area contributed by atoms with E-state index in [9.17, 15) is 4.79 Å². The van der Waals surface area contributed by atoms with Gasteiger partial charge in [-0.05, 0) is 48.0 Å². The lowest BCUT2D eigenvalue weighted by molar-refractivity contribution is 0.0949. The lowest BCUT2D eigenvalue weighted by Crippen LogP contribution is -2.24. The number of aromatic nitrogens is 3. The summed E-state index contributed by atoms with van der Waals surface area (Å²) in [6.07, 6.45) is 0. The van der Waals surface area contributed by atoms with E-state index in [1.165, 1.54) is 14.2 Å². The summed E-state index contributed by atoms with van der Waals surface area (Å²) in [5.74, 6) is 2.06. The van der Waals surface area contributed by atoms with Gasteiger partial charge >= 0.3 is 0 Å². The first-order chi connectivity index (χ1) is 17.0. The Labute approximate surface area is 220 Å². The van der Waals surface area contributed by atoms with Crippen molar-refractivity contribution in [3.05, 3.63) is 93.2 Å². The normalized spacial score (nSPS) is 10.7. The Kier molecular flexibility index (Phi) is 8.33. The number of ether oxygens (including phenoxy) is 2. The Morgan fingerprint density at radius 3 is 2.40 bits per heavy atom. The second-order valence-corrected chi connectivity index (χ2v) is 9.71. The summed E-state index contributed by atoms with van der Waals surface area (Å²) in [5.41, 5.74) is 2.38.